The van der Waals surface area contributed by atoms with Crippen LogP contribution in [0.25, 0.3) is 0 Å². The number of benzene rings is 1. The van der Waals surface area contributed by atoms with Gasteiger partial charge in [0.15, 0.2) is 0 Å². The van der Waals surface area contributed by atoms with E-state index in [2.05, 4.69) is 10.2 Å². The quantitative estimate of drug-likeness (QED) is 0.681. The minimum atomic E-state index is -0.585. The Morgan fingerprint density at radius 1 is 1.03 bits per heavy atom. The van der Waals surface area contributed by atoms with Gasteiger partial charge < -0.3 is 19.9 Å². The summed E-state index contributed by atoms with van der Waals surface area (Å²) < 4.78 is 6.42. The van der Waals surface area contributed by atoms with Gasteiger partial charge in [-0.15, -0.1) is 0 Å². The van der Waals surface area contributed by atoms with Gasteiger partial charge in [-0.3, -0.25) is 19.3 Å². The summed E-state index contributed by atoms with van der Waals surface area (Å²) in [4.78, 5) is 43.0. The summed E-state index contributed by atoms with van der Waals surface area (Å²) in [5, 5.41) is 3.44. The van der Waals surface area contributed by atoms with Gasteiger partial charge in [-0.05, 0) is 63.2 Å². The van der Waals surface area contributed by atoms with E-state index in [1.165, 1.54) is 26.4 Å². The van der Waals surface area contributed by atoms with Crippen LogP contribution in [0.4, 0.5) is 0 Å². The lowest BCUT2D eigenvalue weighted by atomic mass is 9.96. The monoisotopic (exact) mass is 454 g/mol. The van der Waals surface area contributed by atoms with E-state index < -0.39 is 6.04 Å². The number of hydrogen-bond donors (Lipinski definition) is 1. The van der Waals surface area contributed by atoms with Crippen molar-refractivity contribution < 1.29 is 19.1 Å². The summed E-state index contributed by atoms with van der Waals surface area (Å²) in [5.41, 5.74) is 1.48. The van der Waals surface area contributed by atoms with E-state index in [1.54, 1.807) is 4.90 Å². The number of hydrogen-bond acceptors (Lipinski definition) is 6. The first kappa shape index (κ1) is 22.3. The van der Waals surface area contributed by atoms with E-state index in [4.69, 9.17) is 4.74 Å². The first-order valence-corrected chi connectivity index (χ1v) is 12.3. The van der Waals surface area contributed by atoms with E-state index >= 15 is 0 Å². The molecule has 0 aliphatic carbocycles. The average Bonchev–Trinajstić information content (AvgIpc) is 3.17. The zero-order valence-corrected chi connectivity index (χ0v) is 19.4. The van der Waals surface area contributed by atoms with Gasteiger partial charge in [0.1, 0.15) is 17.9 Å². The number of likely N-dealkylation sites (tertiary alicyclic amines) is 2. The number of fused-ring (bicyclic) bond motifs is 1. The topological polar surface area (TPSA) is 82.2 Å². The number of carbonyl (C=O) groups is 3. The fraction of sp³-hybridized carbons (Fsp3) is 0.640. The fourth-order valence-corrected chi connectivity index (χ4v) is 5.69. The molecule has 0 bridgehead atoms. The van der Waals surface area contributed by atoms with Crippen molar-refractivity contribution in [3.63, 3.8) is 0 Å². The molecule has 8 nitrogen and oxygen atoms in total. The molecular weight excluding hydrogens is 420 g/mol. The van der Waals surface area contributed by atoms with Crippen molar-refractivity contribution in [1.82, 2.24) is 20.0 Å². The van der Waals surface area contributed by atoms with Crippen LogP contribution < -0.4 is 10.1 Å². The maximum absolute atomic E-state index is 13.1. The molecule has 3 amide bonds. The number of piperidine rings is 3. The Morgan fingerprint density at radius 2 is 1.79 bits per heavy atom. The zero-order valence-electron chi connectivity index (χ0n) is 19.4. The Morgan fingerprint density at radius 3 is 2.55 bits per heavy atom. The van der Waals surface area contributed by atoms with Crippen LogP contribution in [0.2, 0.25) is 0 Å². The molecule has 0 spiro atoms. The largest absolute Gasteiger partial charge is 0.490 e. The van der Waals surface area contributed by atoms with Gasteiger partial charge in [0.2, 0.25) is 5.91 Å². The number of rotatable bonds is 5. The SMILES string of the molecule is CN1C(=O)CCC(N2Cc3c(OC4CCN(CC5CCNCC5)CC4)cccc3C2=O)C1=O. The van der Waals surface area contributed by atoms with Crippen molar-refractivity contribution >= 4 is 17.7 Å². The van der Waals surface area contributed by atoms with E-state index in [0.29, 0.717) is 18.5 Å². The van der Waals surface area contributed by atoms with Crippen LogP contribution in [-0.2, 0) is 16.1 Å². The van der Waals surface area contributed by atoms with Crippen LogP contribution in [0.1, 0.15) is 54.4 Å². The maximum atomic E-state index is 13.1. The van der Waals surface area contributed by atoms with E-state index in [-0.39, 0.29) is 30.2 Å². The van der Waals surface area contributed by atoms with Crippen molar-refractivity contribution in [3.05, 3.63) is 29.3 Å². The molecule has 3 fully saturated rings. The fourth-order valence-electron chi connectivity index (χ4n) is 5.69. The Balaban J connectivity index is 1.21. The summed E-state index contributed by atoms with van der Waals surface area (Å²) in [6, 6.07) is 5.03. The summed E-state index contributed by atoms with van der Waals surface area (Å²) in [6.07, 6.45) is 5.32. The molecule has 0 saturated carbocycles. The van der Waals surface area contributed by atoms with E-state index in [1.807, 2.05) is 18.2 Å². The number of likely N-dealkylation sites (N-methyl/N-ethyl adjacent to an activating group) is 1. The van der Waals surface area contributed by atoms with E-state index in [0.717, 1.165) is 61.2 Å². The highest BCUT2D eigenvalue weighted by Crippen LogP contribution is 2.35. The second-order valence-corrected chi connectivity index (χ2v) is 9.87. The minimum absolute atomic E-state index is 0.144. The second-order valence-electron chi connectivity index (χ2n) is 9.87. The molecule has 1 unspecified atom stereocenters. The molecule has 33 heavy (non-hydrogen) atoms. The molecule has 0 radical (unpaired) electrons. The number of carbonyl (C=O) groups excluding carboxylic acids is 3. The van der Waals surface area contributed by atoms with Gasteiger partial charge in [-0.1, -0.05) is 6.07 Å². The third kappa shape index (κ3) is 4.51. The molecule has 8 heteroatoms. The third-order valence-corrected chi connectivity index (χ3v) is 7.75. The van der Waals surface area contributed by atoms with Crippen LogP contribution >= 0.6 is 0 Å². The Hall–Kier alpha value is -2.45. The van der Waals surface area contributed by atoms with Crippen molar-refractivity contribution in [2.45, 2.75) is 57.2 Å². The summed E-state index contributed by atoms with van der Waals surface area (Å²) in [7, 11) is 1.50. The maximum Gasteiger partial charge on any atom is 0.255 e. The van der Waals surface area contributed by atoms with Crippen molar-refractivity contribution in [3.8, 4) is 5.75 Å². The number of amides is 3. The van der Waals surface area contributed by atoms with Gasteiger partial charge in [0, 0.05) is 44.2 Å². The lowest BCUT2D eigenvalue weighted by Crippen LogP contribution is -2.53. The third-order valence-electron chi connectivity index (χ3n) is 7.75. The van der Waals surface area contributed by atoms with Crippen LogP contribution in [0.3, 0.4) is 0 Å². The molecule has 4 aliphatic rings. The number of nitrogens with one attached hydrogen (secondary N) is 1. The zero-order chi connectivity index (χ0) is 22.9. The molecule has 4 heterocycles. The summed E-state index contributed by atoms with van der Waals surface area (Å²) >= 11 is 0. The second kappa shape index (κ2) is 9.43. The Kier molecular flexibility index (Phi) is 6.38. The van der Waals surface area contributed by atoms with Crippen LogP contribution in [0.15, 0.2) is 18.2 Å². The Labute approximate surface area is 195 Å². The predicted octanol–water partition coefficient (Wildman–Crippen LogP) is 1.63. The van der Waals surface area contributed by atoms with Gasteiger partial charge in [0.05, 0.1) is 6.54 Å². The molecule has 1 aromatic rings. The Bertz CT molecular complexity index is 921. The van der Waals surface area contributed by atoms with Crippen LogP contribution in [0, 0.1) is 5.92 Å². The lowest BCUT2D eigenvalue weighted by molar-refractivity contribution is -0.150. The van der Waals surface area contributed by atoms with Gasteiger partial charge in [0.25, 0.3) is 11.8 Å². The molecule has 0 aromatic heterocycles. The molecular formula is C25H34N4O4. The van der Waals surface area contributed by atoms with Crippen molar-refractivity contribution in [2.24, 2.45) is 5.92 Å². The first-order valence-electron chi connectivity index (χ1n) is 12.3. The van der Waals surface area contributed by atoms with Gasteiger partial charge in [-0.25, -0.2) is 0 Å². The molecule has 3 saturated heterocycles. The van der Waals surface area contributed by atoms with Crippen LogP contribution in [0.5, 0.6) is 5.75 Å². The highest BCUT2D eigenvalue weighted by Gasteiger charge is 2.42. The highest BCUT2D eigenvalue weighted by molar-refractivity contribution is 6.05. The number of nitrogens with zero attached hydrogens (tertiary/aromatic N) is 3. The predicted molar refractivity (Wildman–Crippen MR) is 123 cm³/mol. The van der Waals surface area contributed by atoms with E-state index in [9.17, 15) is 14.4 Å². The first-order chi connectivity index (χ1) is 16.0. The smallest absolute Gasteiger partial charge is 0.255 e. The minimum Gasteiger partial charge on any atom is -0.490 e. The molecule has 4 aliphatic heterocycles. The lowest BCUT2D eigenvalue weighted by Gasteiger charge is -2.35. The van der Waals surface area contributed by atoms with Crippen LogP contribution in [-0.4, -0.2) is 84.3 Å². The van der Waals surface area contributed by atoms with Gasteiger partial charge >= 0.3 is 0 Å². The molecule has 5 rings (SSSR count). The summed E-state index contributed by atoms with van der Waals surface area (Å²) in [6.45, 7) is 5.91. The molecule has 1 aromatic carbocycles. The number of imide groups is 1. The van der Waals surface area contributed by atoms with Crippen molar-refractivity contribution in [2.75, 3.05) is 39.8 Å². The highest BCUT2D eigenvalue weighted by atomic mass is 16.5. The molecule has 1 atom stereocenters. The molecule has 1 N–H and O–H groups in total. The standard InChI is InChI=1S/C25H34N4O4/c1-27-23(30)6-5-21(25(27)32)29-16-20-19(24(29)31)3-2-4-22(20)33-18-9-13-28(14-10-18)15-17-7-11-26-12-8-17/h2-4,17-18,21,26H,5-16H2,1H3. The normalized spacial score (nSPS) is 25.6. The number of ether oxygens (including phenoxy) is 1. The average molecular weight is 455 g/mol. The molecule has 178 valence electrons. The van der Waals surface area contributed by atoms with Crippen molar-refractivity contribution in [1.29, 1.82) is 0 Å². The van der Waals surface area contributed by atoms with Gasteiger partial charge in [-0.2, -0.15) is 0 Å². The summed E-state index contributed by atoms with van der Waals surface area (Å²) in [5.74, 6) is 0.933.